The Labute approximate surface area is 264 Å². The van der Waals surface area contributed by atoms with Gasteiger partial charge in [-0.15, -0.1) is 0 Å². The number of methoxy groups -OCH3 is 1. The van der Waals surface area contributed by atoms with Gasteiger partial charge in [-0.05, 0) is 115 Å². The first-order valence-corrected chi connectivity index (χ1v) is 17.6. The zero-order valence-corrected chi connectivity index (χ0v) is 28.0. The molecule has 7 heteroatoms. The number of aliphatic hydroxyl groups is 1. The van der Waals surface area contributed by atoms with Crippen molar-refractivity contribution in [2.75, 3.05) is 33.4 Å². The first-order valence-electron chi connectivity index (χ1n) is 17.6. The molecular weight excluding hydrogens is 552 g/mol. The predicted molar refractivity (Wildman–Crippen MR) is 169 cm³/mol. The SMILES string of the molecule is COCC[C@@H](C)C1C[C@H](O)[C@@]2(C)[C@@H]3CCC4C(C)(C)[C@@H](OC5CN(C(=O)c6ccccn6)CCO5)CC[C@@]45CC35CC[C@]12C. The number of amides is 1. The summed E-state index contributed by atoms with van der Waals surface area (Å²) in [7, 11) is 1.81. The molecule has 7 rings (SSSR count). The Morgan fingerprint density at radius 3 is 2.64 bits per heavy atom. The van der Waals surface area contributed by atoms with Crippen molar-refractivity contribution in [2.24, 2.45) is 50.7 Å². The summed E-state index contributed by atoms with van der Waals surface area (Å²) in [5, 5.41) is 11.9. The van der Waals surface area contributed by atoms with Crippen molar-refractivity contribution in [2.45, 2.75) is 111 Å². The van der Waals surface area contributed by atoms with Crippen LogP contribution in [-0.4, -0.2) is 72.8 Å². The van der Waals surface area contributed by atoms with Gasteiger partial charge in [-0.1, -0.05) is 40.7 Å². The van der Waals surface area contributed by atoms with E-state index >= 15 is 0 Å². The van der Waals surface area contributed by atoms with Gasteiger partial charge in [0.05, 0.1) is 25.4 Å². The molecule has 1 saturated heterocycles. The lowest BCUT2D eigenvalue weighted by Gasteiger charge is -2.64. The maximum atomic E-state index is 13.1. The molecule has 2 spiro atoms. The van der Waals surface area contributed by atoms with Crippen LogP contribution in [0.5, 0.6) is 0 Å². The summed E-state index contributed by atoms with van der Waals surface area (Å²) in [5.41, 5.74) is 1.39. The van der Waals surface area contributed by atoms with Gasteiger partial charge in [0.1, 0.15) is 5.69 Å². The fraction of sp³-hybridized carbons (Fsp3) is 0.838. The van der Waals surface area contributed by atoms with E-state index in [-0.39, 0.29) is 34.4 Å². The Bertz CT molecular complexity index is 1240. The van der Waals surface area contributed by atoms with Gasteiger partial charge in [0.15, 0.2) is 6.29 Å². The quantitative estimate of drug-likeness (QED) is 0.389. The maximum absolute atomic E-state index is 13.1. The second-order valence-corrected chi connectivity index (χ2v) is 16.7. The average molecular weight is 609 g/mol. The van der Waals surface area contributed by atoms with E-state index < -0.39 is 6.29 Å². The van der Waals surface area contributed by atoms with E-state index in [0.717, 1.165) is 25.9 Å². The zero-order chi connectivity index (χ0) is 31.1. The minimum Gasteiger partial charge on any atom is -0.393 e. The molecule has 5 saturated carbocycles. The Hall–Kier alpha value is -1.54. The third-order valence-corrected chi connectivity index (χ3v) is 15.2. The minimum atomic E-state index is -0.404. The number of carbonyl (C=O) groups excluding carboxylic acids is 1. The lowest BCUT2D eigenvalue weighted by Crippen LogP contribution is -2.60. The highest BCUT2D eigenvalue weighted by molar-refractivity contribution is 5.92. The van der Waals surface area contributed by atoms with Crippen LogP contribution in [0.25, 0.3) is 0 Å². The molecule has 2 heterocycles. The zero-order valence-electron chi connectivity index (χ0n) is 28.0. The number of hydrogen-bond acceptors (Lipinski definition) is 6. The van der Waals surface area contributed by atoms with Crippen LogP contribution >= 0.6 is 0 Å². The van der Waals surface area contributed by atoms with E-state index in [0.29, 0.717) is 59.9 Å². The van der Waals surface area contributed by atoms with E-state index in [9.17, 15) is 9.90 Å². The molecule has 44 heavy (non-hydrogen) atoms. The van der Waals surface area contributed by atoms with Gasteiger partial charge < -0.3 is 24.2 Å². The number of morpholine rings is 1. The van der Waals surface area contributed by atoms with Crippen molar-refractivity contribution in [3.63, 3.8) is 0 Å². The number of ether oxygens (including phenoxy) is 3. The first-order chi connectivity index (χ1) is 20.9. The standard InChI is InChI=1S/C37H56N2O5/c1-24(13-19-42-6)25-21-29(40)35(5)28-11-10-27-33(2,3)30(12-14-36(27)23-37(28,36)16-15-34(25,35)4)44-31-22-39(18-20-43-31)32(41)26-9-7-8-17-38-26/h7-9,17,24-25,27-31,40H,10-16,18-23H2,1-6H3/t24-,25?,27?,28+,29+,30+,31?,34-,35-,36-,37?/m1/s1. The molecule has 1 aliphatic heterocycles. The summed E-state index contributed by atoms with van der Waals surface area (Å²) < 4.78 is 18.4. The molecule has 6 fully saturated rings. The van der Waals surface area contributed by atoms with Crippen molar-refractivity contribution in [1.29, 1.82) is 0 Å². The molecule has 0 aromatic carbocycles. The molecule has 1 N–H and O–H groups in total. The van der Waals surface area contributed by atoms with Gasteiger partial charge in [-0.2, -0.15) is 0 Å². The smallest absolute Gasteiger partial charge is 0.272 e. The summed E-state index contributed by atoms with van der Waals surface area (Å²) in [5.74, 6) is 2.29. The van der Waals surface area contributed by atoms with Crippen LogP contribution < -0.4 is 0 Å². The highest BCUT2D eigenvalue weighted by Crippen LogP contribution is 2.89. The molecule has 1 amide bonds. The lowest BCUT2D eigenvalue weighted by atomic mass is 9.41. The fourth-order valence-electron chi connectivity index (χ4n) is 12.7. The van der Waals surface area contributed by atoms with E-state index in [2.05, 4.69) is 39.6 Å². The summed E-state index contributed by atoms with van der Waals surface area (Å²) in [6, 6.07) is 5.47. The van der Waals surface area contributed by atoms with Gasteiger partial charge in [0, 0.05) is 31.9 Å². The summed E-state index contributed by atoms with van der Waals surface area (Å²) in [6.07, 6.45) is 11.8. The van der Waals surface area contributed by atoms with Crippen LogP contribution in [-0.2, 0) is 14.2 Å². The summed E-state index contributed by atoms with van der Waals surface area (Å²) >= 11 is 0. The second-order valence-electron chi connectivity index (χ2n) is 16.7. The largest absolute Gasteiger partial charge is 0.393 e. The topological polar surface area (TPSA) is 81.1 Å². The van der Waals surface area contributed by atoms with Crippen LogP contribution in [0.4, 0.5) is 0 Å². The van der Waals surface area contributed by atoms with Crippen LogP contribution in [0, 0.1) is 50.7 Å². The van der Waals surface area contributed by atoms with E-state index in [4.69, 9.17) is 14.2 Å². The molecule has 11 atom stereocenters. The van der Waals surface area contributed by atoms with Crippen LogP contribution in [0.2, 0.25) is 0 Å². The normalized spacial score (nSPS) is 46.3. The third-order valence-electron chi connectivity index (χ3n) is 15.2. The summed E-state index contributed by atoms with van der Waals surface area (Å²) in [6.45, 7) is 14.6. The van der Waals surface area contributed by atoms with Crippen LogP contribution in [0.1, 0.15) is 103 Å². The first kappa shape index (κ1) is 31.1. The van der Waals surface area contributed by atoms with Crippen molar-refractivity contribution < 1.29 is 24.1 Å². The number of hydrogen-bond donors (Lipinski definition) is 1. The van der Waals surface area contributed by atoms with Crippen LogP contribution in [0.3, 0.4) is 0 Å². The van der Waals surface area contributed by atoms with Gasteiger partial charge in [-0.25, -0.2) is 0 Å². The molecule has 6 aliphatic rings. The van der Waals surface area contributed by atoms with Crippen molar-refractivity contribution in [3.8, 4) is 0 Å². The Morgan fingerprint density at radius 1 is 1.11 bits per heavy atom. The molecular formula is C37H56N2O5. The number of carbonyl (C=O) groups is 1. The number of nitrogens with zero attached hydrogens (tertiary/aromatic N) is 2. The Kier molecular flexibility index (Phi) is 7.59. The van der Waals surface area contributed by atoms with Gasteiger partial charge >= 0.3 is 0 Å². The molecule has 4 unspecified atom stereocenters. The highest BCUT2D eigenvalue weighted by atomic mass is 16.7. The minimum absolute atomic E-state index is 0.0243. The summed E-state index contributed by atoms with van der Waals surface area (Å²) in [4.78, 5) is 19.2. The predicted octanol–water partition coefficient (Wildman–Crippen LogP) is 6.35. The molecule has 5 aliphatic carbocycles. The number of rotatable bonds is 7. The van der Waals surface area contributed by atoms with Gasteiger partial charge in [0.25, 0.3) is 5.91 Å². The molecule has 0 bridgehead atoms. The molecule has 7 nitrogen and oxygen atoms in total. The number of aromatic nitrogens is 1. The fourth-order valence-corrected chi connectivity index (χ4v) is 12.7. The van der Waals surface area contributed by atoms with Gasteiger partial charge in [0.2, 0.25) is 0 Å². The van der Waals surface area contributed by atoms with Crippen molar-refractivity contribution in [3.05, 3.63) is 30.1 Å². The monoisotopic (exact) mass is 608 g/mol. The van der Waals surface area contributed by atoms with E-state index in [1.54, 1.807) is 19.4 Å². The van der Waals surface area contributed by atoms with E-state index in [1.807, 2.05) is 17.0 Å². The average Bonchev–Trinajstić information content (AvgIpc) is 3.64. The number of fused-ring (bicyclic) bond motifs is 2. The van der Waals surface area contributed by atoms with Crippen LogP contribution in [0.15, 0.2) is 24.4 Å². The van der Waals surface area contributed by atoms with Crippen molar-refractivity contribution in [1.82, 2.24) is 9.88 Å². The molecule has 244 valence electrons. The van der Waals surface area contributed by atoms with Gasteiger partial charge in [-0.3, -0.25) is 9.78 Å². The van der Waals surface area contributed by atoms with E-state index in [1.165, 1.54) is 38.5 Å². The molecule has 1 aromatic heterocycles. The number of pyridine rings is 1. The lowest BCUT2D eigenvalue weighted by molar-refractivity contribution is -0.245. The molecule has 0 radical (unpaired) electrons. The Morgan fingerprint density at radius 2 is 1.89 bits per heavy atom. The second kappa shape index (κ2) is 10.7. The number of aliphatic hydroxyl groups excluding tert-OH is 1. The maximum Gasteiger partial charge on any atom is 0.272 e. The highest BCUT2D eigenvalue weighted by Gasteiger charge is 2.83. The molecule has 1 aromatic rings. The van der Waals surface area contributed by atoms with Crippen molar-refractivity contribution >= 4 is 5.91 Å². The third kappa shape index (κ3) is 4.20. The Balaban J connectivity index is 1.07.